The summed E-state index contributed by atoms with van der Waals surface area (Å²) in [6.45, 7) is 3.72. The third kappa shape index (κ3) is 6.87. The number of nitrogens with zero attached hydrogens (tertiary/aromatic N) is 3. The van der Waals surface area contributed by atoms with Gasteiger partial charge in [0.1, 0.15) is 5.75 Å². The van der Waals surface area contributed by atoms with E-state index in [9.17, 15) is 18.4 Å². The Bertz CT molecular complexity index is 733. The summed E-state index contributed by atoms with van der Waals surface area (Å²) in [7, 11) is 0. The van der Waals surface area contributed by atoms with Gasteiger partial charge in [0, 0.05) is 39.3 Å². The number of piperazine rings is 1. The van der Waals surface area contributed by atoms with Crippen LogP contribution >= 0.6 is 0 Å². The SMILES string of the molecule is CC(C(=O)Nc1ccccc1OC(F)F)N1CCN(CC(=O)N2CCCCCC2)CC1. The summed E-state index contributed by atoms with van der Waals surface area (Å²) in [6, 6.07) is 5.73. The molecule has 2 fully saturated rings. The van der Waals surface area contributed by atoms with E-state index in [4.69, 9.17) is 0 Å². The summed E-state index contributed by atoms with van der Waals surface area (Å²) in [5.41, 5.74) is 0.223. The molecule has 2 saturated heterocycles. The largest absolute Gasteiger partial charge is 0.433 e. The molecule has 9 heteroatoms. The normalized spacial score (nSPS) is 19.7. The van der Waals surface area contributed by atoms with E-state index in [1.807, 2.05) is 9.80 Å². The smallest absolute Gasteiger partial charge is 0.387 e. The van der Waals surface area contributed by atoms with E-state index in [0.717, 1.165) is 25.9 Å². The molecule has 1 atom stereocenters. The topological polar surface area (TPSA) is 65.1 Å². The number of ether oxygens (including phenoxy) is 1. The lowest BCUT2D eigenvalue weighted by molar-refractivity contribution is -0.133. The van der Waals surface area contributed by atoms with Gasteiger partial charge in [0.2, 0.25) is 11.8 Å². The highest BCUT2D eigenvalue weighted by Gasteiger charge is 2.28. The van der Waals surface area contributed by atoms with Crippen LogP contribution in [0.1, 0.15) is 32.6 Å². The van der Waals surface area contributed by atoms with Crippen LogP contribution in [0.25, 0.3) is 0 Å². The number of anilines is 1. The number of rotatable bonds is 7. The van der Waals surface area contributed by atoms with Crippen molar-refractivity contribution in [3.8, 4) is 5.75 Å². The third-order valence-corrected chi connectivity index (χ3v) is 6.01. The van der Waals surface area contributed by atoms with Crippen LogP contribution in [-0.2, 0) is 9.59 Å². The summed E-state index contributed by atoms with van der Waals surface area (Å²) in [6.07, 6.45) is 4.55. The van der Waals surface area contributed by atoms with Crippen molar-refractivity contribution < 1.29 is 23.1 Å². The van der Waals surface area contributed by atoms with Crippen molar-refractivity contribution in [2.75, 3.05) is 51.1 Å². The zero-order valence-electron chi connectivity index (χ0n) is 18.1. The molecule has 0 aliphatic carbocycles. The van der Waals surface area contributed by atoms with Crippen molar-refractivity contribution in [1.82, 2.24) is 14.7 Å². The number of alkyl halides is 2. The molecule has 1 aromatic rings. The van der Waals surface area contributed by atoms with Crippen LogP contribution < -0.4 is 10.1 Å². The van der Waals surface area contributed by atoms with Crippen molar-refractivity contribution >= 4 is 17.5 Å². The summed E-state index contributed by atoms with van der Waals surface area (Å²) in [4.78, 5) is 31.4. The number of hydrogen-bond acceptors (Lipinski definition) is 5. The number of carbonyl (C=O) groups excluding carboxylic acids is 2. The van der Waals surface area contributed by atoms with Gasteiger partial charge in [-0.25, -0.2) is 0 Å². The van der Waals surface area contributed by atoms with E-state index in [0.29, 0.717) is 32.7 Å². The summed E-state index contributed by atoms with van der Waals surface area (Å²) in [5, 5.41) is 2.69. The van der Waals surface area contributed by atoms with Crippen LogP contribution in [0.5, 0.6) is 5.75 Å². The lowest BCUT2D eigenvalue weighted by Crippen LogP contribution is -2.54. The van der Waals surface area contributed by atoms with Gasteiger partial charge in [0.15, 0.2) is 0 Å². The zero-order valence-corrected chi connectivity index (χ0v) is 18.1. The highest BCUT2D eigenvalue weighted by molar-refractivity contribution is 5.95. The molecule has 7 nitrogen and oxygen atoms in total. The molecular formula is C22H32F2N4O3. The second kappa shape index (κ2) is 11.4. The first-order chi connectivity index (χ1) is 14.9. The first kappa shape index (κ1) is 23.4. The van der Waals surface area contributed by atoms with E-state index in [1.54, 1.807) is 19.1 Å². The molecule has 31 heavy (non-hydrogen) atoms. The Morgan fingerprint density at radius 3 is 2.29 bits per heavy atom. The maximum Gasteiger partial charge on any atom is 0.387 e. The number of para-hydroxylation sites is 2. The molecule has 0 radical (unpaired) electrons. The molecule has 0 spiro atoms. The van der Waals surface area contributed by atoms with Gasteiger partial charge in [0.05, 0.1) is 18.3 Å². The lowest BCUT2D eigenvalue weighted by Gasteiger charge is -2.37. The first-order valence-electron chi connectivity index (χ1n) is 11.0. The van der Waals surface area contributed by atoms with Crippen LogP contribution in [0.3, 0.4) is 0 Å². The lowest BCUT2D eigenvalue weighted by atomic mass is 10.2. The van der Waals surface area contributed by atoms with Gasteiger partial charge >= 0.3 is 6.61 Å². The Kier molecular flexibility index (Phi) is 8.60. The van der Waals surface area contributed by atoms with E-state index in [1.165, 1.54) is 25.0 Å². The molecule has 1 N–H and O–H groups in total. The van der Waals surface area contributed by atoms with Crippen LogP contribution in [0.2, 0.25) is 0 Å². The fourth-order valence-electron chi connectivity index (χ4n) is 4.09. The van der Waals surface area contributed by atoms with E-state index >= 15 is 0 Å². The Hall–Kier alpha value is -2.26. The van der Waals surface area contributed by atoms with Crippen molar-refractivity contribution in [2.45, 2.75) is 45.3 Å². The van der Waals surface area contributed by atoms with Gasteiger partial charge in [-0.2, -0.15) is 8.78 Å². The Labute approximate surface area is 182 Å². The molecule has 2 heterocycles. The van der Waals surface area contributed by atoms with Crippen LogP contribution in [0.4, 0.5) is 14.5 Å². The highest BCUT2D eigenvalue weighted by atomic mass is 19.3. The van der Waals surface area contributed by atoms with Crippen molar-refractivity contribution in [2.24, 2.45) is 0 Å². The fraction of sp³-hybridized carbons (Fsp3) is 0.636. The minimum absolute atomic E-state index is 0.0603. The molecule has 1 unspecified atom stereocenters. The van der Waals surface area contributed by atoms with Gasteiger partial charge in [-0.3, -0.25) is 19.4 Å². The minimum atomic E-state index is -2.96. The van der Waals surface area contributed by atoms with E-state index in [2.05, 4.69) is 15.0 Å². The number of amides is 2. The van der Waals surface area contributed by atoms with Crippen molar-refractivity contribution in [3.63, 3.8) is 0 Å². The first-order valence-corrected chi connectivity index (χ1v) is 11.0. The highest BCUT2D eigenvalue weighted by Crippen LogP contribution is 2.26. The number of nitrogens with one attached hydrogen (secondary N) is 1. The second-order valence-electron chi connectivity index (χ2n) is 8.15. The molecule has 2 aliphatic rings. The van der Waals surface area contributed by atoms with Crippen LogP contribution in [0, 0.1) is 0 Å². The predicted octanol–water partition coefficient (Wildman–Crippen LogP) is 2.64. The zero-order chi connectivity index (χ0) is 22.2. The standard InChI is InChI=1S/C22H32F2N4O3/c1-17(21(30)25-18-8-4-5-9-19(18)31-22(23)24)27-14-12-26(13-15-27)16-20(29)28-10-6-2-3-7-11-28/h4-5,8-9,17,22H,2-3,6-7,10-16H2,1H3,(H,25,30). The molecule has 172 valence electrons. The summed E-state index contributed by atoms with van der Waals surface area (Å²) >= 11 is 0. The number of carbonyl (C=O) groups is 2. The van der Waals surface area contributed by atoms with Crippen molar-refractivity contribution in [3.05, 3.63) is 24.3 Å². The van der Waals surface area contributed by atoms with Gasteiger partial charge in [-0.1, -0.05) is 25.0 Å². The van der Waals surface area contributed by atoms with Crippen LogP contribution in [-0.4, -0.2) is 85.0 Å². The monoisotopic (exact) mass is 438 g/mol. The molecule has 2 aliphatic heterocycles. The van der Waals surface area contributed by atoms with Gasteiger partial charge in [0.25, 0.3) is 0 Å². The van der Waals surface area contributed by atoms with Gasteiger partial charge in [-0.05, 0) is 31.9 Å². The maximum atomic E-state index is 12.7. The van der Waals surface area contributed by atoms with Gasteiger partial charge in [-0.15, -0.1) is 0 Å². The Morgan fingerprint density at radius 2 is 1.65 bits per heavy atom. The molecule has 0 bridgehead atoms. The van der Waals surface area contributed by atoms with Gasteiger partial charge < -0.3 is 15.0 Å². The second-order valence-corrected chi connectivity index (χ2v) is 8.15. The average Bonchev–Trinajstić information content (AvgIpc) is 3.04. The summed E-state index contributed by atoms with van der Waals surface area (Å²) < 4.78 is 29.6. The number of benzene rings is 1. The summed E-state index contributed by atoms with van der Waals surface area (Å²) in [5.74, 6) is -0.147. The number of hydrogen-bond donors (Lipinski definition) is 1. The molecule has 2 amide bonds. The van der Waals surface area contributed by atoms with Crippen molar-refractivity contribution in [1.29, 1.82) is 0 Å². The predicted molar refractivity (Wildman–Crippen MR) is 114 cm³/mol. The number of likely N-dealkylation sites (tertiary alicyclic amines) is 1. The number of halogens is 2. The molecule has 0 saturated carbocycles. The van der Waals surface area contributed by atoms with E-state index in [-0.39, 0.29) is 23.3 Å². The molecule has 3 rings (SSSR count). The fourth-order valence-corrected chi connectivity index (χ4v) is 4.09. The molecule has 1 aromatic carbocycles. The molecule has 0 aromatic heterocycles. The minimum Gasteiger partial charge on any atom is -0.433 e. The third-order valence-electron chi connectivity index (χ3n) is 6.01. The van der Waals surface area contributed by atoms with E-state index < -0.39 is 12.7 Å². The average molecular weight is 439 g/mol. The molecular weight excluding hydrogens is 406 g/mol. The van der Waals surface area contributed by atoms with Crippen LogP contribution in [0.15, 0.2) is 24.3 Å². The quantitative estimate of drug-likeness (QED) is 0.709. The maximum absolute atomic E-state index is 12.7. The Balaban J connectivity index is 1.47. The Morgan fingerprint density at radius 1 is 1.00 bits per heavy atom.